The van der Waals surface area contributed by atoms with Crippen molar-refractivity contribution in [2.24, 2.45) is 0 Å². The quantitative estimate of drug-likeness (QED) is 0.866. The first kappa shape index (κ1) is 13.1. The van der Waals surface area contributed by atoms with E-state index in [4.69, 9.17) is 0 Å². The highest BCUT2D eigenvalue weighted by Gasteiger charge is 2.19. The Hall–Kier alpha value is -1.35. The largest absolute Gasteiger partial charge is 0.393 e. The molecule has 0 amide bonds. The highest BCUT2D eigenvalue weighted by molar-refractivity contribution is 5.76. The first-order valence-electron chi connectivity index (χ1n) is 6.70. The standard InChI is InChI=1S/C15H22N2O/c1-5-12(10(4)18)15-16-13-7-6-11(9(2)3)8-14(13)17-15/h6-10,12,18H,5H2,1-4H3,(H,16,17). The molecule has 18 heavy (non-hydrogen) atoms. The summed E-state index contributed by atoms with van der Waals surface area (Å²) < 4.78 is 0. The Morgan fingerprint density at radius 2 is 2.00 bits per heavy atom. The topological polar surface area (TPSA) is 48.9 Å². The summed E-state index contributed by atoms with van der Waals surface area (Å²) in [6.45, 7) is 8.26. The van der Waals surface area contributed by atoms with Crippen molar-refractivity contribution in [1.82, 2.24) is 9.97 Å². The van der Waals surface area contributed by atoms with Gasteiger partial charge in [0, 0.05) is 5.92 Å². The number of hydrogen-bond donors (Lipinski definition) is 2. The van der Waals surface area contributed by atoms with Crippen molar-refractivity contribution < 1.29 is 5.11 Å². The van der Waals surface area contributed by atoms with Gasteiger partial charge in [0.2, 0.25) is 0 Å². The maximum absolute atomic E-state index is 9.77. The number of hydrogen-bond acceptors (Lipinski definition) is 2. The molecule has 0 spiro atoms. The van der Waals surface area contributed by atoms with Crippen LogP contribution in [0.2, 0.25) is 0 Å². The Morgan fingerprint density at radius 1 is 1.28 bits per heavy atom. The summed E-state index contributed by atoms with van der Waals surface area (Å²) in [6.07, 6.45) is 0.509. The van der Waals surface area contributed by atoms with Crippen molar-refractivity contribution in [3.05, 3.63) is 29.6 Å². The van der Waals surface area contributed by atoms with Crippen LogP contribution in [-0.4, -0.2) is 21.2 Å². The van der Waals surface area contributed by atoms with Crippen LogP contribution in [0.25, 0.3) is 11.0 Å². The minimum atomic E-state index is -0.375. The van der Waals surface area contributed by atoms with Crippen LogP contribution in [0.15, 0.2) is 18.2 Å². The molecule has 0 aliphatic heterocycles. The summed E-state index contributed by atoms with van der Waals surface area (Å²) in [4.78, 5) is 7.94. The molecule has 2 N–H and O–H groups in total. The van der Waals surface area contributed by atoms with E-state index in [0.717, 1.165) is 23.3 Å². The zero-order valence-electron chi connectivity index (χ0n) is 11.6. The zero-order chi connectivity index (χ0) is 13.3. The van der Waals surface area contributed by atoms with Crippen LogP contribution in [0.3, 0.4) is 0 Å². The number of imidazole rings is 1. The van der Waals surface area contributed by atoms with Crippen LogP contribution in [0.1, 0.15) is 57.3 Å². The Bertz CT molecular complexity index is 528. The van der Waals surface area contributed by atoms with Gasteiger partial charge in [0.1, 0.15) is 5.82 Å². The molecule has 0 aliphatic rings. The summed E-state index contributed by atoms with van der Waals surface area (Å²) in [5.41, 5.74) is 3.35. The van der Waals surface area contributed by atoms with E-state index in [1.807, 2.05) is 6.92 Å². The molecule has 0 bridgehead atoms. The molecule has 0 radical (unpaired) electrons. The third-order valence-corrected chi connectivity index (χ3v) is 3.56. The number of nitrogens with zero attached hydrogens (tertiary/aromatic N) is 1. The van der Waals surface area contributed by atoms with E-state index in [0.29, 0.717) is 5.92 Å². The Morgan fingerprint density at radius 3 is 2.56 bits per heavy atom. The molecule has 0 saturated heterocycles. The SMILES string of the molecule is CCC(c1nc2ccc(C(C)C)cc2[nH]1)C(C)O. The number of benzene rings is 1. The molecule has 2 aromatic rings. The molecule has 0 aliphatic carbocycles. The number of aromatic amines is 1. The molecule has 1 aromatic heterocycles. The van der Waals surface area contributed by atoms with Crippen molar-refractivity contribution in [3.63, 3.8) is 0 Å². The number of H-pyrrole nitrogens is 1. The van der Waals surface area contributed by atoms with Crippen LogP contribution in [-0.2, 0) is 0 Å². The number of aliphatic hydroxyl groups is 1. The average Bonchev–Trinajstić information content (AvgIpc) is 2.71. The maximum atomic E-state index is 9.77. The predicted molar refractivity (Wildman–Crippen MR) is 74.9 cm³/mol. The Labute approximate surface area is 108 Å². The van der Waals surface area contributed by atoms with Crippen molar-refractivity contribution in [2.45, 2.75) is 52.1 Å². The average molecular weight is 246 g/mol. The minimum absolute atomic E-state index is 0.0832. The second-order valence-electron chi connectivity index (χ2n) is 5.31. The number of aromatic nitrogens is 2. The normalized spacial score (nSPS) is 15.2. The van der Waals surface area contributed by atoms with E-state index in [9.17, 15) is 5.11 Å². The fourth-order valence-electron chi connectivity index (χ4n) is 2.34. The maximum Gasteiger partial charge on any atom is 0.112 e. The Kier molecular flexibility index (Phi) is 3.71. The van der Waals surface area contributed by atoms with E-state index in [-0.39, 0.29) is 12.0 Å². The van der Waals surface area contributed by atoms with Crippen LogP contribution in [0.4, 0.5) is 0 Å². The van der Waals surface area contributed by atoms with E-state index < -0.39 is 0 Å². The molecular weight excluding hydrogens is 224 g/mol. The van der Waals surface area contributed by atoms with E-state index in [2.05, 4.69) is 48.9 Å². The Balaban J connectivity index is 2.43. The molecule has 98 valence electrons. The summed E-state index contributed by atoms with van der Waals surface area (Å²) in [6, 6.07) is 6.34. The zero-order valence-corrected chi connectivity index (χ0v) is 11.6. The second-order valence-corrected chi connectivity index (χ2v) is 5.31. The van der Waals surface area contributed by atoms with Gasteiger partial charge in [0.25, 0.3) is 0 Å². The predicted octanol–water partition coefficient (Wildman–Crippen LogP) is 3.56. The van der Waals surface area contributed by atoms with Crippen LogP contribution in [0.5, 0.6) is 0 Å². The first-order chi connectivity index (χ1) is 8.52. The molecule has 0 saturated carbocycles. The van der Waals surface area contributed by atoms with Crippen LogP contribution < -0.4 is 0 Å². The van der Waals surface area contributed by atoms with Crippen molar-refractivity contribution in [3.8, 4) is 0 Å². The monoisotopic (exact) mass is 246 g/mol. The molecule has 3 heteroatoms. The molecular formula is C15H22N2O. The van der Waals surface area contributed by atoms with Gasteiger partial charge in [-0.25, -0.2) is 4.98 Å². The summed E-state index contributed by atoms with van der Waals surface area (Å²) in [5, 5.41) is 9.77. The molecule has 3 nitrogen and oxygen atoms in total. The van der Waals surface area contributed by atoms with Gasteiger partial charge >= 0.3 is 0 Å². The minimum Gasteiger partial charge on any atom is -0.393 e. The van der Waals surface area contributed by atoms with Gasteiger partial charge in [0.05, 0.1) is 17.1 Å². The van der Waals surface area contributed by atoms with Gasteiger partial charge in [-0.15, -0.1) is 0 Å². The van der Waals surface area contributed by atoms with Gasteiger partial charge in [-0.3, -0.25) is 0 Å². The van der Waals surface area contributed by atoms with Crippen molar-refractivity contribution >= 4 is 11.0 Å². The summed E-state index contributed by atoms with van der Waals surface area (Å²) in [5.74, 6) is 1.49. The van der Waals surface area contributed by atoms with Gasteiger partial charge in [-0.2, -0.15) is 0 Å². The first-order valence-corrected chi connectivity index (χ1v) is 6.70. The molecule has 0 fully saturated rings. The molecule has 2 rings (SSSR count). The lowest BCUT2D eigenvalue weighted by atomic mass is 10.0. The van der Waals surface area contributed by atoms with Gasteiger partial charge in [-0.05, 0) is 37.0 Å². The fourth-order valence-corrected chi connectivity index (χ4v) is 2.34. The van der Waals surface area contributed by atoms with Crippen molar-refractivity contribution in [1.29, 1.82) is 0 Å². The highest BCUT2D eigenvalue weighted by atomic mass is 16.3. The number of rotatable bonds is 4. The van der Waals surface area contributed by atoms with Crippen LogP contribution >= 0.6 is 0 Å². The molecule has 1 heterocycles. The molecule has 2 atom stereocenters. The van der Waals surface area contributed by atoms with Gasteiger partial charge in [-0.1, -0.05) is 26.8 Å². The molecule has 1 aromatic carbocycles. The van der Waals surface area contributed by atoms with Crippen LogP contribution in [0, 0.1) is 0 Å². The lowest BCUT2D eigenvalue weighted by Gasteiger charge is -2.14. The summed E-state index contributed by atoms with van der Waals surface area (Å²) >= 11 is 0. The third-order valence-electron chi connectivity index (χ3n) is 3.56. The molecule has 2 unspecified atom stereocenters. The van der Waals surface area contributed by atoms with Gasteiger partial charge < -0.3 is 10.1 Å². The number of fused-ring (bicyclic) bond motifs is 1. The smallest absolute Gasteiger partial charge is 0.112 e. The second kappa shape index (κ2) is 5.11. The number of nitrogens with one attached hydrogen (secondary N) is 1. The van der Waals surface area contributed by atoms with Crippen molar-refractivity contribution in [2.75, 3.05) is 0 Å². The lowest BCUT2D eigenvalue weighted by Crippen LogP contribution is -2.15. The van der Waals surface area contributed by atoms with E-state index >= 15 is 0 Å². The van der Waals surface area contributed by atoms with E-state index in [1.165, 1.54) is 5.56 Å². The summed E-state index contributed by atoms with van der Waals surface area (Å²) in [7, 11) is 0. The lowest BCUT2D eigenvalue weighted by molar-refractivity contribution is 0.156. The fraction of sp³-hybridized carbons (Fsp3) is 0.533. The highest BCUT2D eigenvalue weighted by Crippen LogP contribution is 2.25. The van der Waals surface area contributed by atoms with E-state index in [1.54, 1.807) is 0 Å². The third kappa shape index (κ3) is 2.41. The number of aliphatic hydroxyl groups excluding tert-OH is 1. The van der Waals surface area contributed by atoms with Gasteiger partial charge in [0.15, 0.2) is 0 Å².